The van der Waals surface area contributed by atoms with Gasteiger partial charge >= 0.3 is 0 Å². The molecule has 74 valence electrons. The zero-order chi connectivity index (χ0) is 10.1. The van der Waals surface area contributed by atoms with Gasteiger partial charge in [0.1, 0.15) is 5.82 Å². The van der Waals surface area contributed by atoms with E-state index in [0.29, 0.717) is 5.82 Å². The lowest BCUT2D eigenvalue weighted by molar-refractivity contribution is 0.759. The number of hydrogen-bond donors (Lipinski definition) is 2. The van der Waals surface area contributed by atoms with Crippen molar-refractivity contribution in [1.82, 2.24) is 25.0 Å². The van der Waals surface area contributed by atoms with Gasteiger partial charge in [-0.2, -0.15) is 10.2 Å². The van der Waals surface area contributed by atoms with E-state index >= 15 is 0 Å². The molecule has 3 N–H and O–H groups in total. The number of nitrogens with one attached hydrogen (secondary N) is 1. The van der Waals surface area contributed by atoms with Crippen LogP contribution in [0, 0.1) is 6.92 Å². The molecule has 0 aliphatic rings. The van der Waals surface area contributed by atoms with Crippen LogP contribution in [0.5, 0.6) is 0 Å². The Hall–Kier alpha value is -1.69. The van der Waals surface area contributed by atoms with Crippen LogP contribution >= 0.6 is 0 Å². The second kappa shape index (κ2) is 3.22. The molecule has 0 aliphatic carbocycles. The van der Waals surface area contributed by atoms with Crippen LogP contribution in [0.3, 0.4) is 0 Å². The van der Waals surface area contributed by atoms with Gasteiger partial charge in [0.05, 0.1) is 12.2 Å². The summed E-state index contributed by atoms with van der Waals surface area (Å²) in [5.74, 6) is 1.36. The molecule has 14 heavy (non-hydrogen) atoms. The number of hydrogen-bond acceptors (Lipinski definition) is 4. The highest BCUT2D eigenvalue weighted by Crippen LogP contribution is 2.14. The first kappa shape index (κ1) is 8.89. The van der Waals surface area contributed by atoms with E-state index in [-0.39, 0.29) is 6.04 Å². The zero-order valence-electron chi connectivity index (χ0n) is 8.10. The van der Waals surface area contributed by atoms with Crippen molar-refractivity contribution in [3.05, 3.63) is 29.6 Å². The average Bonchev–Trinajstić information content (AvgIpc) is 2.73. The molecular formula is C8H12N6. The lowest BCUT2D eigenvalue weighted by Gasteiger charge is -2.02. The van der Waals surface area contributed by atoms with Crippen molar-refractivity contribution < 1.29 is 0 Å². The molecule has 0 fully saturated rings. The topological polar surface area (TPSA) is 85.4 Å². The predicted octanol–water partition coefficient (Wildman–Crippen LogP) is -0.105. The SMILES string of the molecule is Cc1nc(C(N)c2cnn(C)c2)n[nH]1. The highest BCUT2D eigenvalue weighted by molar-refractivity contribution is 5.17. The van der Waals surface area contributed by atoms with Gasteiger partial charge in [0.25, 0.3) is 0 Å². The van der Waals surface area contributed by atoms with Crippen molar-refractivity contribution in [2.75, 3.05) is 0 Å². The summed E-state index contributed by atoms with van der Waals surface area (Å²) in [5, 5.41) is 10.8. The molecule has 0 saturated carbocycles. The molecule has 1 unspecified atom stereocenters. The molecule has 0 aromatic carbocycles. The molecule has 0 saturated heterocycles. The van der Waals surface area contributed by atoms with Gasteiger partial charge in [-0.05, 0) is 6.92 Å². The van der Waals surface area contributed by atoms with E-state index in [2.05, 4.69) is 20.3 Å². The van der Waals surface area contributed by atoms with Gasteiger partial charge in [-0.15, -0.1) is 0 Å². The molecule has 2 aromatic heterocycles. The minimum atomic E-state index is -0.311. The predicted molar refractivity (Wildman–Crippen MR) is 50.4 cm³/mol. The van der Waals surface area contributed by atoms with E-state index in [4.69, 9.17) is 5.73 Å². The third kappa shape index (κ3) is 1.51. The van der Waals surface area contributed by atoms with Crippen LogP contribution in [0.4, 0.5) is 0 Å². The smallest absolute Gasteiger partial charge is 0.171 e. The molecule has 0 radical (unpaired) electrons. The number of nitrogens with two attached hydrogens (primary N) is 1. The second-order valence-electron chi connectivity index (χ2n) is 3.20. The van der Waals surface area contributed by atoms with Gasteiger partial charge in [-0.1, -0.05) is 0 Å². The number of aromatic amines is 1. The number of H-pyrrole nitrogens is 1. The molecule has 0 aliphatic heterocycles. The minimum absolute atomic E-state index is 0.311. The molecule has 0 bridgehead atoms. The molecule has 6 nitrogen and oxygen atoms in total. The van der Waals surface area contributed by atoms with Crippen LogP contribution in [-0.4, -0.2) is 25.0 Å². The average molecular weight is 192 g/mol. The van der Waals surface area contributed by atoms with Crippen molar-refractivity contribution in [3.63, 3.8) is 0 Å². The Bertz CT molecular complexity index is 388. The first-order valence-corrected chi connectivity index (χ1v) is 4.30. The molecule has 6 heteroatoms. The Kier molecular flexibility index (Phi) is 2.05. The third-order valence-corrected chi connectivity index (χ3v) is 1.98. The Morgan fingerprint density at radius 3 is 2.86 bits per heavy atom. The molecule has 2 rings (SSSR count). The Labute approximate surface area is 81.1 Å². The molecule has 2 aromatic rings. The van der Waals surface area contributed by atoms with E-state index in [1.807, 2.05) is 20.2 Å². The first-order chi connectivity index (χ1) is 6.66. The van der Waals surface area contributed by atoms with Crippen molar-refractivity contribution in [2.45, 2.75) is 13.0 Å². The standard InChI is InChI=1S/C8H12N6/c1-5-11-8(13-12-5)7(9)6-3-10-14(2)4-6/h3-4,7H,9H2,1-2H3,(H,11,12,13). The molecule has 2 heterocycles. The maximum absolute atomic E-state index is 5.94. The zero-order valence-corrected chi connectivity index (χ0v) is 8.10. The Balaban J connectivity index is 2.28. The molecule has 0 amide bonds. The summed E-state index contributed by atoms with van der Waals surface area (Å²) in [6.45, 7) is 1.84. The maximum Gasteiger partial charge on any atom is 0.171 e. The van der Waals surface area contributed by atoms with Crippen molar-refractivity contribution in [3.8, 4) is 0 Å². The number of nitrogens with zero attached hydrogens (tertiary/aromatic N) is 4. The van der Waals surface area contributed by atoms with Gasteiger partial charge < -0.3 is 5.73 Å². The van der Waals surface area contributed by atoms with Crippen LogP contribution < -0.4 is 5.73 Å². The summed E-state index contributed by atoms with van der Waals surface area (Å²) in [6, 6.07) is -0.311. The van der Waals surface area contributed by atoms with Crippen molar-refractivity contribution in [2.24, 2.45) is 12.8 Å². The van der Waals surface area contributed by atoms with Crippen molar-refractivity contribution >= 4 is 0 Å². The normalized spacial score (nSPS) is 13.1. The molecule has 1 atom stereocenters. The van der Waals surface area contributed by atoms with Crippen LogP contribution in [0.15, 0.2) is 12.4 Å². The Morgan fingerprint density at radius 2 is 2.36 bits per heavy atom. The summed E-state index contributed by atoms with van der Waals surface area (Å²) in [5.41, 5.74) is 6.85. The summed E-state index contributed by atoms with van der Waals surface area (Å²) in [7, 11) is 1.85. The van der Waals surface area contributed by atoms with Crippen LogP contribution in [0.2, 0.25) is 0 Å². The van der Waals surface area contributed by atoms with Gasteiger partial charge in [-0.25, -0.2) is 4.98 Å². The maximum atomic E-state index is 5.94. The lowest BCUT2D eigenvalue weighted by Crippen LogP contribution is -2.13. The lowest BCUT2D eigenvalue weighted by atomic mass is 10.2. The monoisotopic (exact) mass is 192 g/mol. The largest absolute Gasteiger partial charge is 0.317 e. The summed E-state index contributed by atoms with van der Waals surface area (Å²) < 4.78 is 1.70. The number of rotatable bonds is 2. The van der Waals surface area contributed by atoms with Gasteiger partial charge in [0.2, 0.25) is 0 Å². The number of aromatic nitrogens is 5. The van der Waals surface area contributed by atoms with Crippen molar-refractivity contribution in [1.29, 1.82) is 0 Å². The first-order valence-electron chi connectivity index (χ1n) is 4.30. The Morgan fingerprint density at radius 1 is 1.57 bits per heavy atom. The van der Waals surface area contributed by atoms with E-state index in [1.54, 1.807) is 10.9 Å². The van der Waals surface area contributed by atoms with Gasteiger partial charge in [0.15, 0.2) is 5.82 Å². The second-order valence-corrected chi connectivity index (χ2v) is 3.20. The van der Waals surface area contributed by atoms with Crippen LogP contribution in [0.25, 0.3) is 0 Å². The van der Waals surface area contributed by atoms with Crippen LogP contribution in [-0.2, 0) is 7.05 Å². The number of aryl methyl sites for hydroxylation is 2. The summed E-state index contributed by atoms with van der Waals surface area (Å²) >= 11 is 0. The fraction of sp³-hybridized carbons (Fsp3) is 0.375. The van der Waals surface area contributed by atoms with E-state index in [0.717, 1.165) is 11.4 Å². The highest BCUT2D eigenvalue weighted by Gasteiger charge is 2.14. The van der Waals surface area contributed by atoms with Crippen LogP contribution in [0.1, 0.15) is 23.3 Å². The third-order valence-electron chi connectivity index (χ3n) is 1.98. The van der Waals surface area contributed by atoms with E-state index in [1.165, 1.54) is 0 Å². The molecule has 0 spiro atoms. The quantitative estimate of drug-likeness (QED) is 0.695. The fourth-order valence-electron chi connectivity index (χ4n) is 1.25. The minimum Gasteiger partial charge on any atom is -0.317 e. The fourth-order valence-corrected chi connectivity index (χ4v) is 1.25. The van der Waals surface area contributed by atoms with E-state index < -0.39 is 0 Å². The van der Waals surface area contributed by atoms with Gasteiger partial charge in [0, 0.05) is 18.8 Å². The summed E-state index contributed by atoms with van der Waals surface area (Å²) in [6.07, 6.45) is 3.58. The molecular weight excluding hydrogens is 180 g/mol. The summed E-state index contributed by atoms with van der Waals surface area (Å²) in [4.78, 5) is 4.17. The highest BCUT2D eigenvalue weighted by atomic mass is 15.2. The van der Waals surface area contributed by atoms with E-state index in [9.17, 15) is 0 Å². The van der Waals surface area contributed by atoms with Gasteiger partial charge in [-0.3, -0.25) is 9.78 Å².